The summed E-state index contributed by atoms with van der Waals surface area (Å²) in [6, 6.07) is 0. The summed E-state index contributed by atoms with van der Waals surface area (Å²) in [6.45, 7) is 11.1. The molecule has 0 aromatic rings. The number of rotatable bonds is 1. The van der Waals surface area contributed by atoms with Crippen molar-refractivity contribution in [2.75, 3.05) is 13.2 Å². The Kier molecular flexibility index (Phi) is 3.91. The second kappa shape index (κ2) is 5.05. The van der Waals surface area contributed by atoms with Gasteiger partial charge in [-0.15, -0.1) is 0 Å². The van der Waals surface area contributed by atoms with Crippen LogP contribution in [0.15, 0.2) is 0 Å². The lowest BCUT2D eigenvalue weighted by Gasteiger charge is -2.42. The molecular formula is C14H26O2. The minimum Gasteiger partial charge on any atom is -0.352 e. The number of hydrogen-bond donors (Lipinski definition) is 0. The van der Waals surface area contributed by atoms with Gasteiger partial charge in [0.15, 0.2) is 6.29 Å². The molecule has 2 aliphatic rings. The minimum absolute atomic E-state index is 0.0774. The molecule has 2 fully saturated rings. The van der Waals surface area contributed by atoms with E-state index in [9.17, 15) is 0 Å². The molecule has 1 heterocycles. The van der Waals surface area contributed by atoms with Crippen LogP contribution in [0.25, 0.3) is 0 Å². The average Bonchev–Trinajstić information content (AvgIpc) is 2.26. The van der Waals surface area contributed by atoms with Crippen LogP contribution in [0.3, 0.4) is 0 Å². The summed E-state index contributed by atoms with van der Waals surface area (Å²) in [7, 11) is 0. The fraction of sp³-hybridized carbons (Fsp3) is 1.00. The predicted molar refractivity (Wildman–Crippen MR) is 65.1 cm³/mol. The third-order valence-electron chi connectivity index (χ3n) is 4.62. The number of hydrogen-bond acceptors (Lipinski definition) is 2. The molecule has 0 N–H and O–H groups in total. The maximum Gasteiger partial charge on any atom is 0.160 e. The summed E-state index contributed by atoms with van der Waals surface area (Å²) in [5, 5.41) is 0. The van der Waals surface area contributed by atoms with E-state index >= 15 is 0 Å². The van der Waals surface area contributed by atoms with Crippen molar-refractivity contribution in [2.45, 2.75) is 46.8 Å². The molecule has 0 amide bonds. The fourth-order valence-electron chi connectivity index (χ4n) is 3.15. The van der Waals surface area contributed by atoms with Gasteiger partial charge in [0.2, 0.25) is 0 Å². The first kappa shape index (κ1) is 12.4. The Bertz CT molecular complexity index is 209. The molecule has 94 valence electrons. The van der Waals surface area contributed by atoms with E-state index in [0.717, 1.165) is 31.0 Å². The van der Waals surface area contributed by atoms with E-state index in [2.05, 4.69) is 27.7 Å². The van der Waals surface area contributed by atoms with E-state index in [-0.39, 0.29) is 6.29 Å². The van der Waals surface area contributed by atoms with Crippen LogP contribution < -0.4 is 0 Å². The summed E-state index contributed by atoms with van der Waals surface area (Å²) in [6.07, 6.45) is 2.61. The van der Waals surface area contributed by atoms with Crippen LogP contribution in [-0.2, 0) is 9.47 Å². The van der Waals surface area contributed by atoms with E-state index in [1.54, 1.807) is 0 Å². The molecule has 0 radical (unpaired) electrons. The first-order chi connectivity index (χ1) is 7.58. The monoisotopic (exact) mass is 226 g/mol. The standard InChI is InChI=1S/C14H26O2/c1-9-7-15-14(16-8-9)13-5-10(2)12(4)11(3)6-13/h9-14H,5-8H2,1-4H3. The number of ether oxygens (including phenoxy) is 2. The largest absolute Gasteiger partial charge is 0.352 e. The van der Waals surface area contributed by atoms with E-state index in [4.69, 9.17) is 9.47 Å². The van der Waals surface area contributed by atoms with Gasteiger partial charge in [0.1, 0.15) is 0 Å². The maximum absolute atomic E-state index is 5.84. The van der Waals surface area contributed by atoms with E-state index in [1.807, 2.05) is 0 Å². The summed E-state index contributed by atoms with van der Waals surface area (Å²) in [4.78, 5) is 0. The second-order valence-corrected chi connectivity index (χ2v) is 6.19. The van der Waals surface area contributed by atoms with Gasteiger partial charge >= 0.3 is 0 Å². The summed E-state index contributed by atoms with van der Waals surface area (Å²) < 4.78 is 11.7. The first-order valence-electron chi connectivity index (χ1n) is 6.81. The molecule has 2 rings (SSSR count). The fourth-order valence-corrected chi connectivity index (χ4v) is 3.15. The molecule has 0 aromatic carbocycles. The Labute approximate surface area is 99.7 Å². The van der Waals surface area contributed by atoms with Crippen molar-refractivity contribution < 1.29 is 9.47 Å². The van der Waals surface area contributed by atoms with Crippen molar-refractivity contribution in [1.82, 2.24) is 0 Å². The molecule has 0 bridgehead atoms. The lowest BCUT2D eigenvalue weighted by molar-refractivity contribution is -0.231. The molecule has 2 atom stereocenters. The van der Waals surface area contributed by atoms with Gasteiger partial charge < -0.3 is 9.47 Å². The SMILES string of the molecule is CC1COC(C2CC(C)C(C)C(C)C2)OC1. The third-order valence-corrected chi connectivity index (χ3v) is 4.62. The smallest absolute Gasteiger partial charge is 0.160 e. The van der Waals surface area contributed by atoms with Crippen molar-refractivity contribution in [2.24, 2.45) is 29.6 Å². The Morgan fingerprint density at radius 1 is 0.812 bits per heavy atom. The highest BCUT2D eigenvalue weighted by Crippen LogP contribution is 2.40. The van der Waals surface area contributed by atoms with Crippen molar-refractivity contribution in [3.8, 4) is 0 Å². The minimum atomic E-state index is 0.0774. The zero-order chi connectivity index (χ0) is 11.7. The van der Waals surface area contributed by atoms with Gasteiger partial charge in [-0.2, -0.15) is 0 Å². The van der Waals surface area contributed by atoms with E-state index in [0.29, 0.717) is 11.8 Å². The van der Waals surface area contributed by atoms with Crippen LogP contribution in [0.4, 0.5) is 0 Å². The van der Waals surface area contributed by atoms with Crippen LogP contribution in [0.2, 0.25) is 0 Å². The van der Waals surface area contributed by atoms with Crippen LogP contribution in [0.5, 0.6) is 0 Å². The molecule has 2 heteroatoms. The van der Waals surface area contributed by atoms with Gasteiger partial charge in [-0.25, -0.2) is 0 Å². The summed E-state index contributed by atoms with van der Waals surface area (Å²) in [5.74, 6) is 3.64. The molecule has 1 saturated carbocycles. The van der Waals surface area contributed by atoms with Crippen LogP contribution in [-0.4, -0.2) is 19.5 Å². The average molecular weight is 226 g/mol. The van der Waals surface area contributed by atoms with Gasteiger partial charge in [0, 0.05) is 11.8 Å². The maximum atomic E-state index is 5.84. The van der Waals surface area contributed by atoms with E-state index in [1.165, 1.54) is 12.8 Å². The second-order valence-electron chi connectivity index (χ2n) is 6.19. The zero-order valence-electron chi connectivity index (χ0n) is 11.1. The predicted octanol–water partition coefficient (Wildman–Crippen LogP) is 3.31. The lowest BCUT2D eigenvalue weighted by atomic mass is 9.69. The first-order valence-corrected chi connectivity index (χ1v) is 6.81. The van der Waals surface area contributed by atoms with Crippen molar-refractivity contribution in [1.29, 1.82) is 0 Å². The van der Waals surface area contributed by atoms with E-state index < -0.39 is 0 Å². The molecule has 16 heavy (non-hydrogen) atoms. The molecule has 1 aliphatic heterocycles. The van der Waals surface area contributed by atoms with Crippen LogP contribution >= 0.6 is 0 Å². The van der Waals surface area contributed by atoms with Crippen molar-refractivity contribution in [3.63, 3.8) is 0 Å². The van der Waals surface area contributed by atoms with Gasteiger partial charge in [0.25, 0.3) is 0 Å². The zero-order valence-corrected chi connectivity index (χ0v) is 11.1. The quantitative estimate of drug-likeness (QED) is 0.683. The van der Waals surface area contributed by atoms with Gasteiger partial charge in [0.05, 0.1) is 13.2 Å². The van der Waals surface area contributed by atoms with Gasteiger partial charge in [-0.05, 0) is 30.6 Å². The summed E-state index contributed by atoms with van der Waals surface area (Å²) >= 11 is 0. The molecule has 1 saturated heterocycles. The molecule has 2 nitrogen and oxygen atoms in total. The Morgan fingerprint density at radius 2 is 1.31 bits per heavy atom. The molecule has 0 aromatic heterocycles. The molecule has 1 aliphatic carbocycles. The highest BCUT2D eigenvalue weighted by molar-refractivity contribution is 4.82. The van der Waals surface area contributed by atoms with Gasteiger partial charge in [-0.3, -0.25) is 0 Å². The summed E-state index contributed by atoms with van der Waals surface area (Å²) in [5.41, 5.74) is 0. The molecule has 2 unspecified atom stereocenters. The highest BCUT2D eigenvalue weighted by Gasteiger charge is 2.36. The highest BCUT2D eigenvalue weighted by atomic mass is 16.7. The van der Waals surface area contributed by atoms with Crippen LogP contribution in [0, 0.1) is 29.6 Å². The topological polar surface area (TPSA) is 18.5 Å². The lowest BCUT2D eigenvalue weighted by Crippen LogP contribution is -2.41. The molecule has 0 spiro atoms. The Hall–Kier alpha value is -0.0800. The van der Waals surface area contributed by atoms with Crippen molar-refractivity contribution in [3.05, 3.63) is 0 Å². The van der Waals surface area contributed by atoms with Crippen LogP contribution in [0.1, 0.15) is 40.5 Å². The van der Waals surface area contributed by atoms with Gasteiger partial charge in [-0.1, -0.05) is 27.7 Å². The third kappa shape index (κ3) is 2.60. The van der Waals surface area contributed by atoms with Crippen molar-refractivity contribution >= 4 is 0 Å². The Balaban J connectivity index is 1.90. The normalized spacial score (nSPS) is 50.2. The Morgan fingerprint density at radius 3 is 1.81 bits per heavy atom. The molecular weight excluding hydrogens is 200 g/mol.